The van der Waals surface area contributed by atoms with E-state index in [0.29, 0.717) is 18.8 Å². The van der Waals surface area contributed by atoms with Crippen molar-refractivity contribution in [3.63, 3.8) is 0 Å². The molecule has 1 amide bonds. The molecule has 0 saturated heterocycles. The van der Waals surface area contributed by atoms with Crippen molar-refractivity contribution in [1.82, 2.24) is 30.8 Å². The number of Topliss-reactive ketones (excluding diaryl/α,β-unsaturated/α-hetero) is 1. The van der Waals surface area contributed by atoms with E-state index in [1.165, 1.54) is 0 Å². The van der Waals surface area contributed by atoms with Crippen LogP contribution in [0, 0.1) is 0 Å². The van der Waals surface area contributed by atoms with Crippen molar-refractivity contribution in [3.8, 4) is 22.5 Å². The van der Waals surface area contributed by atoms with Gasteiger partial charge in [0.2, 0.25) is 0 Å². The topological polar surface area (TPSA) is 111 Å². The Balaban J connectivity index is 1.33. The van der Waals surface area contributed by atoms with Crippen molar-refractivity contribution >= 4 is 11.9 Å². The summed E-state index contributed by atoms with van der Waals surface area (Å²) in [6.45, 7) is 7.93. The molecule has 1 aromatic heterocycles. The molecule has 1 unspecified atom stereocenters. The predicted molar refractivity (Wildman–Crippen MR) is 212 cm³/mol. The van der Waals surface area contributed by atoms with Crippen molar-refractivity contribution in [2.45, 2.75) is 77.2 Å². The summed E-state index contributed by atoms with van der Waals surface area (Å²) in [4.78, 5) is 25.3. The fourth-order valence-corrected chi connectivity index (χ4v) is 6.79. The molecule has 276 valence electrons. The monoisotopic (exact) mass is 720 g/mol. The zero-order chi connectivity index (χ0) is 38.0. The van der Waals surface area contributed by atoms with Crippen molar-refractivity contribution in [2.24, 2.45) is 0 Å². The summed E-state index contributed by atoms with van der Waals surface area (Å²) in [7, 11) is 0. The lowest BCUT2D eigenvalue weighted by atomic mass is 9.77. The Morgan fingerprint density at radius 2 is 1.26 bits per heavy atom. The second-order valence-corrected chi connectivity index (χ2v) is 14.4. The Morgan fingerprint density at radius 1 is 0.722 bits per heavy atom. The molecule has 6 aromatic rings. The molecule has 54 heavy (non-hydrogen) atoms. The molecular formula is C45H48N6O3. The Kier molecular flexibility index (Phi) is 12.1. The summed E-state index contributed by atoms with van der Waals surface area (Å²) in [5.74, 6) is 0.715. The average Bonchev–Trinajstić information content (AvgIpc) is 3.67. The first-order valence-electron chi connectivity index (χ1n) is 18.6. The van der Waals surface area contributed by atoms with Crippen LogP contribution in [0.5, 0.6) is 0 Å². The van der Waals surface area contributed by atoms with E-state index < -0.39 is 23.4 Å². The van der Waals surface area contributed by atoms with Gasteiger partial charge < -0.3 is 10.1 Å². The number of aromatic nitrogens is 4. The third kappa shape index (κ3) is 8.81. The van der Waals surface area contributed by atoms with Crippen molar-refractivity contribution in [3.05, 3.63) is 162 Å². The third-order valence-corrected chi connectivity index (χ3v) is 9.28. The fraction of sp³-hybridized carbons (Fsp3) is 0.267. The smallest absolute Gasteiger partial charge is 0.408 e. The minimum Gasteiger partial charge on any atom is -0.444 e. The highest BCUT2D eigenvalue weighted by Crippen LogP contribution is 2.43. The van der Waals surface area contributed by atoms with Crippen LogP contribution in [0.1, 0.15) is 75.6 Å². The van der Waals surface area contributed by atoms with Crippen molar-refractivity contribution < 1.29 is 14.3 Å². The average molecular weight is 721 g/mol. The van der Waals surface area contributed by atoms with Gasteiger partial charge in [0.15, 0.2) is 5.82 Å². The minimum atomic E-state index is -0.882. The number of rotatable bonds is 15. The van der Waals surface area contributed by atoms with Crippen LogP contribution in [0.25, 0.3) is 22.5 Å². The Morgan fingerprint density at radius 3 is 1.80 bits per heavy atom. The molecular weight excluding hydrogens is 673 g/mol. The van der Waals surface area contributed by atoms with Crippen molar-refractivity contribution in [1.29, 1.82) is 0 Å². The van der Waals surface area contributed by atoms with Gasteiger partial charge in [-0.1, -0.05) is 153 Å². The quantitative estimate of drug-likeness (QED) is 0.0805. The van der Waals surface area contributed by atoms with E-state index in [4.69, 9.17) is 9.95 Å². The van der Waals surface area contributed by atoms with E-state index in [2.05, 4.69) is 88.5 Å². The number of carbonyl (C=O) groups excluding carboxylic acids is 2. The number of carbonyl (C=O) groups is 2. The molecule has 2 N–H and O–H groups in total. The summed E-state index contributed by atoms with van der Waals surface area (Å²) in [5.41, 5.74) is 5.39. The number of nitrogens with zero attached hydrogens (tertiary/aromatic N) is 4. The van der Waals surface area contributed by atoms with Gasteiger partial charge in [-0.2, -0.15) is 0 Å². The summed E-state index contributed by atoms with van der Waals surface area (Å²) in [6.07, 6.45) is 1.28. The lowest BCUT2D eigenvalue weighted by Gasteiger charge is -2.36. The molecule has 0 aliphatic heterocycles. The van der Waals surface area contributed by atoms with Gasteiger partial charge in [0, 0.05) is 24.9 Å². The molecule has 0 bridgehead atoms. The minimum absolute atomic E-state index is 0.0931. The molecule has 0 fully saturated rings. The second kappa shape index (κ2) is 17.3. The van der Waals surface area contributed by atoms with E-state index in [1.807, 2.05) is 104 Å². The first kappa shape index (κ1) is 37.8. The summed E-state index contributed by atoms with van der Waals surface area (Å²) in [6, 6.07) is 47.5. The van der Waals surface area contributed by atoms with Gasteiger partial charge in [-0.15, -0.1) is 5.10 Å². The Hall–Kier alpha value is -5.93. The SMILES string of the molecule is CCCCC(=O)CC(NCc1ccc(-c2ccccc2-c2nnnn2C(c2ccccc2)(c2ccccc2)c2ccccc2)cc1)NC(=O)OC(C)(C)C. The molecule has 9 heteroatoms. The van der Waals surface area contributed by atoms with E-state index in [1.54, 1.807) is 0 Å². The summed E-state index contributed by atoms with van der Waals surface area (Å²) in [5, 5.41) is 19.9. The standard InChI is InChI=1S/C45H48N6O3/c1-5-6-24-38(52)31-41(47-43(53)54-44(2,3)4)46-32-33-27-29-34(30-28-33)39-25-16-17-26-40(39)42-48-49-50-51(42)45(35-18-10-7-11-19-35,36-20-12-8-13-21-36)37-22-14-9-15-23-37/h7-23,25-30,41,46H,5-6,24,31-32H2,1-4H3,(H,47,53). The summed E-state index contributed by atoms with van der Waals surface area (Å²) >= 11 is 0. The number of hydrogen-bond donors (Lipinski definition) is 2. The number of nitrogens with one attached hydrogen (secondary N) is 2. The van der Waals surface area contributed by atoms with Gasteiger partial charge in [-0.25, -0.2) is 9.48 Å². The number of hydrogen-bond acceptors (Lipinski definition) is 7. The van der Waals surface area contributed by atoms with E-state index in [0.717, 1.165) is 51.8 Å². The Bertz CT molecular complexity index is 2010. The van der Waals surface area contributed by atoms with E-state index >= 15 is 0 Å². The van der Waals surface area contributed by atoms with Crippen LogP contribution in [-0.4, -0.2) is 43.9 Å². The molecule has 0 saturated carbocycles. The molecule has 0 aliphatic rings. The van der Waals surface area contributed by atoms with Crippen molar-refractivity contribution in [2.75, 3.05) is 0 Å². The predicted octanol–water partition coefficient (Wildman–Crippen LogP) is 8.94. The van der Waals surface area contributed by atoms with Gasteiger partial charge in [-0.3, -0.25) is 10.1 Å². The van der Waals surface area contributed by atoms with Gasteiger partial charge in [0.25, 0.3) is 0 Å². The maximum atomic E-state index is 12.7. The zero-order valence-electron chi connectivity index (χ0n) is 31.4. The van der Waals surface area contributed by atoms with E-state index in [9.17, 15) is 9.59 Å². The second-order valence-electron chi connectivity index (χ2n) is 14.4. The van der Waals surface area contributed by atoms with Gasteiger partial charge in [0.05, 0.1) is 6.17 Å². The Labute approximate surface area is 317 Å². The number of amides is 1. The van der Waals surface area contributed by atoms with Gasteiger partial charge >= 0.3 is 6.09 Å². The molecule has 6 rings (SSSR count). The molecule has 9 nitrogen and oxygen atoms in total. The number of ether oxygens (including phenoxy) is 1. The molecule has 0 radical (unpaired) electrons. The van der Waals surface area contributed by atoms with Crippen LogP contribution in [0.4, 0.5) is 4.79 Å². The van der Waals surface area contributed by atoms with E-state index in [-0.39, 0.29) is 12.2 Å². The van der Waals surface area contributed by atoms with Crippen LogP contribution in [-0.2, 0) is 21.6 Å². The lowest BCUT2D eigenvalue weighted by Crippen LogP contribution is -2.48. The highest BCUT2D eigenvalue weighted by atomic mass is 16.6. The highest BCUT2D eigenvalue weighted by Gasteiger charge is 2.42. The highest BCUT2D eigenvalue weighted by molar-refractivity contribution is 5.81. The normalized spacial score (nSPS) is 12.2. The number of alkyl carbamates (subject to hydrolysis) is 1. The maximum Gasteiger partial charge on any atom is 0.408 e. The lowest BCUT2D eigenvalue weighted by molar-refractivity contribution is -0.119. The first-order valence-corrected chi connectivity index (χ1v) is 18.6. The third-order valence-electron chi connectivity index (χ3n) is 9.28. The number of benzene rings is 5. The van der Waals surface area contributed by atoms with Crippen LogP contribution in [0.2, 0.25) is 0 Å². The molecule has 0 spiro atoms. The molecule has 0 aliphatic carbocycles. The number of unbranched alkanes of at least 4 members (excludes halogenated alkanes) is 1. The van der Waals surface area contributed by atoms with Crippen LogP contribution < -0.4 is 10.6 Å². The van der Waals surface area contributed by atoms with Crippen LogP contribution in [0.3, 0.4) is 0 Å². The maximum absolute atomic E-state index is 12.7. The first-order chi connectivity index (χ1) is 26.2. The van der Waals surface area contributed by atoms with Crippen LogP contribution in [0.15, 0.2) is 140 Å². The largest absolute Gasteiger partial charge is 0.444 e. The zero-order valence-corrected chi connectivity index (χ0v) is 31.4. The summed E-state index contributed by atoms with van der Waals surface area (Å²) < 4.78 is 7.43. The fourth-order valence-electron chi connectivity index (χ4n) is 6.79. The molecule has 1 atom stereocenters. The van der Waals surface area contributed by atoms with Crippen LogP contribution >= 0.6 is 0 Å². The van der Waals surface area contributed by atoms with Gasteiger partial charge in [0.1, 0.15) is 16.9 Å². The number of ketones is 1. The number of tetrazole rings is 1. The molecule has 1 heterocycles. The molecule has 5 aromatic carbocycles. The van der Waals surface area contributed by atoms with Gasteiger partial charge in [-0.05, 0) is 71.0 Å².